The van der Waals surface area contributed by atoms with E-state index in [1.54, 1.807) is 18.7 Å². The van der Waals surface area contributed by atoms with Crippen LogP contribution < -0.4 is 0 Å². The molecule has 17 heavy (non-hydrogen) atoms. The number of rotatable bonds is 4. The van der Waals surface area contributed by atoms with Crippen LogP contribution in [0.4, 0.5) is 0 Å². The summed E-state index contributed by atoms with van der Waals surface area (Å²) in [6, 6.07) is 0. The first-order chi connectivity index (χ1) is 8.35. The van der Waals surface area contributed by atoms with Crippen molar-refractivity contribution >= 4 is 0 Å². The lowest BCUT2D eigenvalue weighted by Gasteiger charge is -2.05. The molecule has 0 amide bonds. The molecule has 0 bridgehead atoms. The highest BCUT2D eigenvalue weighted by Gasteiger charge is 2.14. The van der Waals surface area contributed by atoms with Crippen LogP contribution in [0.15, 0.2) is 27.7 Å². The summed E-state index contributed by atoms with van der Waals surface area (Å²) in [7, 11) is 0. The van der Waals surface area contributed by atoms with E-state index in [2.05, 4.69) is 24.0 Å². The van der Waals surface area contributed by atoms with E-state index < -0.39 is 0 Å². The predicted molar refractivity (Wildman–Crippen MR) is 66.7 cm³/mol. The highest BCUT2D eigenvalue weighted by atomic mass is 16.5. The second-order valence-corrected chi connectivity index (χ2v) is 3.50. The van der Waals surface area contributed by atoms with Gasteiger partial charge in [-0.05, 0) is 12.8 Å². The van der Waals surface area contributed by atoms with E-state index in [4.69, 9.17) is 8.94 Å². The Bertz CT molecular complexity index is 403. The first-order valence-electron chi connectivity index (χ1n) is 6.20. The Morgan fingerprint density at radius 2 is 1.88 bits per heavy atom. The van der Waals surface area contributed by atoms with Gasteiger partial charge in [-0.3, -0.25) is 0 Å². The van der Waals surface area contributed by atoms with Gasteiger partial charge >= 0.3 is 0 Å². The average molecular weight is 236 g/mol. The SMILES string of the molecule is CC.CCC(CC)c1nc(-c2cnoc2)co1. The van der Waals surface area contributed by atoms with Crippen LogP contribution in [0.5, 0.6) is 0 Å². The van der Waals surface area contributed by atoms with Crippen LogP contribution in [0, 0.1) is 0 Å². The molecule has 4 heteroatoms. The quantitative estimate of drug-likeness (QED) is 0.795. The van der Waals surface area contributed by atoms with Crippen molar-refractivity contribution in [2.75, 3.05) is 0 Å². The summed E-state index contributed by atoms with van der Waals surface area (Å²) in [4.78, 5) is 4.43. The van der Waals surface area contributed by atoms with Gasteiger partial charge in [-0.15, -0.1) is 0 Å². The van der Waals surface area contributed by atoms with E-state index in [1.807, 2.05) is 13.8 Å². The van der Waals surface area contributed by atoms with Gasteiger partial charge in [0, 0.05) is 5.92 Å². The lowest BCUT2D eigenvalue weighted by Crippen LogP contribution is -1.95. The number of nitrogens with zero attached hydrogens (tertiary/aromatic N) is 2. The van der Waals surface area contributed by atoms with E-state index in [9.17, 15) is 0 Å². The number of aromatic nitrogens is 2. The molecule has 94 valence electrons. The van der Waals surface area contributed by atoms with Gasteiger partial charge < -0.3 is 8.94 Å². The normalized spacial score (nSPS) is 10.2. The average Bonchev–Trinajstić information content (AvgIpc) is 3.03. The number of hydrogen-bond donors (Lipinski definition) is 0. The Hall–Kier alpha value is -1.58. The minimum absolute atomic E-state index is 0.401. The zero-order valence-corrected chi connectivity index (χ0v) is 10.9. The first kappa shape index (κ1) is 13.5. The van der Waals surface area contributed by atoms with Gasteiger partial charge in [0.2, 0.25) is 0 Å². The van der Waals surface area contributed by atoms with Gasteiger partial charge in [-0.25, -0.2) is 4.98 Å². The fraction of sp³-hybridized carbons (Fsp3) is 0.538. The molecule has 2 rings (SSSR count). The van der Waals surface area contributed by atoms with Crippen molar-refractivity contribution in [3.8, 4) is 11.3 Å². The maximum Gasteiger partial charge on any atom is 0.197 e. The summed E-state index contributed by atoms with van der Waals surface area (Å²) < 4.78 is 10.2. The van der Waals surface area contributed by atoms with Gasteiger partial charge in [0.1, 0.15) is 18.2 Å². The second-order valence-electron chi connectivity index (χ2n) is 3.50. The summed E-state index contributed by atoms with van der Waals surface area (Å²) in [5.74, 6) is 1.20. The molecule has 2 heterocycles. The van der Waals surface area contributed by atoms with E-state index in [0.29, 0.717) is 5.92 Å². The minimum atomic E-state index is 0.401. The van der Waals surface area contributed by atoms with E-state index in [0.717, 1.165) is 30.0 Å². The van der Waals surface area contributed by atoms with E-state index in [1.165, 1.54) is 0 Å². The molecule has 2 aromatic rings. The van der Waals surface area contributed by atoms with E-state index in [-0.39, 0.29) is 0 Å². The van der Waals surface area contributed by atoms with Crippen molar-refractivity contribution in [2.24, 2.45) is 0 Å². The molecule has 0 fully saturated rings. The third-order valence-electron chi connectivity index (χ3n) is 2.58. The van der Waals surface area contributed by atoms with Gasteiger partial charge in [-0.2, -0.15) is 0 Å². The summed E-state index contributed by atoms with van der Waals surface area (Å²) >= 11 is 0. The zero-order valence-electron chi connectivity index (χ0n) is 10.9. The largest absolute Gasteiger partial charge is 0.448 e. The van der Waals surface area contributed by atoms with Gasteiger partial charge in [0.25, 0.3) is 0 Å². The van der Waals surface area contributed by atoms with Crippen LogP contribution in [0.1, 0.15) is 52.3 Å². The van der Waals surface area contributed by atoms with Crippen LogP contribution in [-0.4, -0.2) is 10.1 Å². The maximum atomic E-state index is 5.45. The van der Waals surface area contributed by atoms with Gasteiger partial charge in [0.15, 0.2) is 5.89 Å². The maximum absolute atomic E-state index is 5.45. The van der Waals surface area contributed by atoms with Crippen molar-refractivity contribution < 1.29 is 8.94 Å². The standard InChI is InChI=1S/C11H14N2O2.C2H6/c1-3-8(4-2)11-13-10(7-14-11)9-5-12-15-6-9;1-2/h5-8H,3-4H2,1-2H3;1-2H3. The summed E-state index contributed by atoms with van der Waals surface area (Å²) in [6.45, 7) is 8.27. The van der Waals surface area contributed by atoms with Gasteiger partial charge in [-0.1, -0.05) is 32.9 Å². The topological polar surface area (TPSA) is 52.1 Å². The highest BCUT2D eigenvalue weighted by Crippen LogP contribution is 2.25. The van der Waals surface area contributed by atoms with Gasteiger partial charge in [0.05, 0.1) is 11.8 Å². The van der Waals surface area contributed by atoms with Crippen molar-refractivity contribution in [3.05, 3.63) is 24.6 Å². The van der Waals surface area contributed by atoms with Crippen molar-refractivity contribution in [1.29, 1.82) is 0 Å². The molecule has 0 aliphatic rings. The van der Waals surface area contributed by atoms with E-state index >= 15 is 0 Å². The summed E-state index contributed by atoms with van der Waals surface area (Å²) in [5, 5.41) is 3.64. The molecule has 0 saturated carbocycles. The molecule has 0 saturated heterocycles. The molecular weight excluding hydrogens is 216 g/mol. The van der Waals surface area contributed by atoms with Crippen molar-refractivity contribution in [3.63, 3.8) is 0 Å². The lowest BCUT2D eigenvalue weighted by atomic mass is 10.0. The highest BCUT2D eigenvalue weighted by molar-refractivity contribution is 5.54. The van der Waals surface area contributed by atoms with Crippen LogP contribution >= 0.6 is 0 Å². The Morgan fingerprint density at radius 1 is 1.18 bits per heavy atom. The fourth-order valence-electron chi connectivity index (χ4n) is 1.58. The lowest BCUT2D eigenvalue weighted by molar-refractivity contribution is 0.420. The molecule has 0 spiro atoms. The van der Waals surface area contributed by atoms with Crippen LogP contribution in [0.25, 0.3) is 11.3 Å². The summed E-state index contributed by atoms with van der Waals surface area (Å²) in [6.07, 6.45) is 6.93. The van der Waals surface area contributed by atoms with Crippen molar-refractivity contribution in [2.45, 2.75) is 46.5 Å². The zero-order chi connectivity index (χ0) is 12.7. The Balaban J connectivity index is 0.000000686. The molecular formula is C13H20N2O2. The molecule has 0 aromatic carbocycles. The molecule has 0 unspecified atom stereocenters. The molecule has 0 aliphatic heterocycles. The monoisotopic (exact) mass is 236 g/mol. The Labute approximate surface area is 102 Å². The molecule has 2 aromatic heterocycles. The Kier molecular flexibility index (Phi) is 5.46. The van der Waals surface area contributed by atoms with Crippen molar-refractivity contribution in [1.82, 2.24) is 10.1 Å². The molecule has 0 aliphatic carbocycles. The molecule has 0 radical (unpaired) electrons. The Morgan fingerprint density at radius 3 is 2.41 bits per heavy atom. The first-order valence-corrected chi connectivity index (χ1v) is 6.20. The third-order valence-corrected chi connectivity index (χ3v) is 2.58. The fourth-order valence-corrected chi connectivity index (χ4v) is 1.58. The minimum Gasteiger partial charge on any atom is -0.448 e. The predicted octanol–water partition coefficient (Wildman–Crippen LogP) is 4.26. The van der Waals surface area contributed by atoms with Crippen LogP contribution in [0.3, 0.4) is 0 Å². The van der Waals surface area contributed by atoms with Crippen LogP contribution in [-0.2, 0) is 0 Å². The molecule has 0 N–H and O–H groups in total. The summed E-state index contributed by atoms with van der Waals surface area (Å²) in [5.41, 5.74) is 1.65. The number of oxazole rings is 1. The molecule has 4 nitrogen and oxygen atoms in total. The third kappa shape index (κ3) is 3.19. The van der Waals surface area contributed by atoms with Crippen LogP contribution in [0.2, 0.25) is 0 Å². The smallest absolute Gasteiger partial charge is 0.197 e. The second kappa shape index (κ2) is 6.89. The molecule has 0 atom stereocenters. The number of hydrogen-bond acceptors (Lipinski definition) is 4.